The summed E-state index contributed by atoms with van der Waals surface area (Å²) in [6, 6.07) is 0. The van der Waals surface area contributed by atoms with Crippen molar-refractivity contribution in [3.05, 3.63) is 60.8 Å². The van der Waals surface area contributed by atoms with E-state index in [0.717, 1.165) is 122 Å². The Labute approximate surface area is 468 Å². The lowest BCUT2D eigenvalue weighted by atomic mass is 9.98. The molecule has 6 atom stereocenters. The lowest BCUT2D eigenvalue weighted by Crippen LogP contribution is -2.61. The van der Waals surface area contributed by atoms with Crippen LogP contribution in [0, 0.1) is 0 Å². The fraction of sp³-hybridized carbons (Fsp3) is 0.785. The zero-order valence-electron chi connectivity index (χ0n) is 49.0. The summed E-state index contributed by atoms with van der Waals surface area (Å²) in [5.41, 5.74) is 0. The van der Waals surface area contributed by atoms with Crippen molar-refractivity contribution in [2.75, 3.05) is 13.2 Å². The third-order valence-corrected chi connectivity index (χ3v) is 14.0. The fourth-order valence-corrected chi connectivity index (χ4v) is 9.19. The molecular weight excluding hydrogens is 973 g/mol. The van der Waals surface area contributed by atoms with Crippen molar-refractivity contribution in [3.63, 3.8) is 0 Å². The van der Waals surface area contributed by atoms with Crippen LogP contribution in [-0.4, -0.2) is 89.2 Å². The van der Waals surface area contributed by atoms with Crippen LogP contribution in [0.2, 0.25) is 0 Å². The normalized spacial score (nSPS) is 18.4. The van der Waals surface area contributed by atoms with Crippen molar-refractivity contribution < 1.29 is 58.2 Å². The minimum absolute atomic E-state index is 0.0486. The van der Waals surface area contributed by atoms with Crippen LogP contribution in [-0.2, 0) is 42.9 Å². The molecular formula is C65H112O12. The number of carboxylic acids is 1. The summed E-state index contributed by atoms with van der Waals surface area (Å²) in [6.45, 7) is 5.93. The Bertz CT molecular complexity index is 1570. The number of carboxylic acid groups (broad SMARTS) is 1. The third-order valence-electron chi connectivity index (χ3n) is 14.0. The van der Waals surface area contributed by atoms with Crippen LogP contribution in [0.15, 0.2) is 60.8 Å². The Morgan fingerprint density at radius 1 is 0.429 bits per heavy atom. The van der Waals surface area contributed by atoms with Gasteiger partial charge in [-0.25, -0.2) is 4.79 Å². The van der Waals surface area contributed by atoms with E-state index < -0.39 is 67.3 Å². The van der Waals surface area contributed by atoms with Gasteiger partial charge in [-0.05, 0) is 109 Å². The second-order valence-electron chi connectivity index (χ2n) is 21.3. The number of rotatable bonds is 53. The Morgan fingerprint density at radius 2 is 0.779 bits per heavy atom. The predicted octanol–water partition coefficient (Wildman–Crippen LogP) is 16.3. The van der Waals surface area contributed by atoms with Crippen molar-refractivity contribution in [2.45, 2.75) is 314 Å². The summed E-state index contributed by atoms with van der Waals surface area (Å²) >= 11 is 0. The molecule has 0 aromatic rings. The Hall–Kier alpha value is -3.58. The molecule has 12 nitrogen and oxygen atoms in total. The van der Waals surface area contributed by atoms with E-state index in [-0.39, 0.29) is 25.9 Å². The number of aliphatic hydroxyl groups excluding tert-OH is 2. The molecule has 0 aromatic carbocycles. The first-order chi connectivity index (χ1) is 37.6. The smallest absolute Gasteiger partial charge is 0.335 e. The molecule has 1 fully saturated rings. The molecule has 0 saturated carbocycles. The molecule has 0 spiro atoms. The summed E-state index contributed by atoms with van der Waals surface area (Å²) in [4.78, 5) is 51.2. The lowest BCUT2D eigenvalue weighted by molar-refractivity contribution is -0.301. The molecule has 0 amide bonds. The number of allylic oxidation sites excluding steroid dienone is 10. The molecule has 0 aromatic heterocycles. The standard InChI is InChI=1S/C65H112O12/c1-4-7-10-13-16-19-22-25-27-29-31-34-36-39-42-45-48-51-57(66)73-54-56(75-58(67)52-49-46-43-40-38-35-32-30-28-26-23-20-17-14-11-8-5-2)55-74-65-63(61(70)60(69)62(77-65)64(71)72)76-59(68)53-50-47-44-41-37-33-24-21-18-15-12-9-6-3/h16-17,19-21,24-28,56,60-63,65,69-70H,4-15,18,22-23,29-55H2,1-3H3,(H,71,72)/b19-16-,20-17-,24-21-,27-25-,28-26-. The van der Waals surface area contributed by atoms with Crippen LogP contribution in [0.1, 0.15) is 278 Å². The van der Waals surface area contributed by atoms with E-state index in [4.69, 9.17) is 23.7 Å². The fourth-order valence-electron chi connectivity index (χ4n) is 9.19. The Morgan fingerprint density at radius 3 is 1.21 bits per heavy atom. The van der Waals surface area contributed by atoms with Gasteiger partial charge in [-0.3, -0.25) is 14.4 Å². The van der Waals surface area contributed by atoms with E-state index in [1.165, 1.54) is 96.3 Å². The van der Waals surface area contributed by atoms with Crippen molar-refractivity contribution >= 4 is 23.9 Å². The van der Waals surface area contributed by atoms with E-state index in [2.05, 4.69) is 81.5 Å². The molecule has 0 aliphatic carbocycles. The first kappa shape index (κ1) is 71.4. The van der Waals surface area contributed by atoms with E-state index in [9.17, 15) is 34.5 Å². The highest BCUT2D eigenvalue weighted by atomic mass is 16.7. The molecule has 1 saturated heterocycles. The second kappa shape index (κ2) is 53.1. The van der Waals surface area contributed by atoms with Crippen molar-refractivity contribution in [1.29, 1.82) is 0 Å². The highest BCUT2D eigenvalue weighted by Crippen LogP contribution is 2.26. The van der Waals surface area contributed by atoms with E-state index in [0.29, 0.717) is 19.3 Å². The number of hydrogen-bond acceptors (Lipinski definition) is 11. The summed E-state index contributed by atoms with van der Waals surface area (Å²) in [5.74, 6) is -3.14. The van der Waals surface area contributed by atoms with Gasteiger partial charge in [0.15, 0.2) is 24.6 Å². The van der Waals surface area contributed by atoms with Gasteiger partial charge in [-0.15, -0.1) is 0 Å². The first-order valence-corrected chi connectivity index (χ1v) is 31.3. The van der Waals surface area contributed by atoms with Crippen LogP contribution in [0.3, 0.4) is 0 Å². The SMILES string of the molecule is CCCCC/C=C\C/C=C\CCCCCCCCCC(=O)OCC(COC1OC(C(=O)O)C(O)C(O)C1OC(=O)CCCCCCC/C=C\CCCCCC)OC(=O)CCCCCCCCC/C=C\C/C=C\CCCCC. The maximum Gasteiger partial charge on any atom is 0.335 e. The first-order valence-electron chi connectivity index (χ1n) is 31.3. The quantitative estimate of drug-likeness (QED) is 0.0228. The van der Waals surface area contributed by atoms with Gasteiger partial charge < -0.3 is 39.0 Å². The number of carbonyl (C=O) groups is 4. The van der Waals surface area contributed by atoms with E-state index in [1.807, 2.05) is 0 Å². The lowest BCUT2D eigenvalue weighted by Gasteiger charge is -2.40. The molecule has 12 heteroatoms. The van der Waals surface area contributed by atoms with E-state index >= 15 is 0 Å². The minimum Gasteiger partial charge on any atom is -0.479 e. The molecule has 0 radical (unpaired) electrons. The van der Waals surface area contributed by atoms with Crippen LogP contribution in [0.4, 0.5) is 0 Å². The van der Waals surface area contributed by atoms with Crippen LogP contribution in [0.5, 0.6) is 0 Å². The van der Waals surface area contributed by atoms with Crippen molar-refractivity contribution in [3.8, 4) is 0 Å². The van der Waals surface area contributed by atoms with Crippen LogP contribution < -0.4 is 0 Å². The second-order valence-corrected chi connectivity index (χ2v) is 21.3. The van der Waals surface area contributed by atoms with E-state index in [1.54, 1.807) is 0 Å². The number of esters is 3. The molecule has 3 N–H and O–H groups in total. The summed E-state index contributed by atoms with van der Waals surface area (Å²) < 4.78 is 28.5. The predicted molar refractivity (Wildman–Crippen MR) is 312 cm³/mol. The number of ether oxygens (including phenoxy) is 5. The summed E-state index contributed by atoms with van der Waals surface area (Å²) in [6.07, 6.45) is 53.2. The zero-order valence-corrected chi connectivity index (χ0v) is 49.0. The number of hydrogen-bond donors (Lipinski definition) is 3. The maximum absolute atomic E-state index is 13.2. The van der Waals surface area contributed by atoms with Gasteiger partial charge in [0.2, 0.25) is 0 Å². The Kier molecular flexibility index (Phi) is 49.2. The van der Waals surface area contributed by atoms with Gasteiger partial charge in [0.05, 0.1) is 6.61 Å². The average molecular weight is 1090 g/mol. The largest absolute Gasteiger partial charge is 0.479 e. The molecule has 444 valence electrons. The average Bonchev–Trinajstić information content (AvgIpc) is 3.42. The van der Waals surface area contributed by atoms with Crippen LogP contribution in [0.25, 0.3) is 0 Å². The van der Waals surface area contributed by atoms with Gasteiger partial charge in [0, 0.05) is 19.3 Å². The van der Waals surface area contributed by atoms with Gasteiger partial charge in [0.25, 0.3) is 0 Å². The zero-order chi connectivity index (χ0) is 56.1. The highest BCUT2D eigenvalue weighted by Gasteiger charge is 2.50. The molecule has 1 rings (SSSR count). The molecule has 1 heterocycles. The summed E-state index contributed by atoms with van der Waals surface area (Å²) in [7, 11) is 0. The van der Waals surface area contributed by atoms with Gasteiger partial charge in [-0.2, -0.15) is 0 Å². The van der Waals surface area contributed by atoms with Crippen LogP contribution >= 0.6 is 0 Å². The molecule has 77 heavy (non-hydrogen) atoms. The number of aliphatic carboxylic acids is 1. The van der Waals surface area contributed by atoms with Gasteiger partial charge >= 0.3 is 23.9 Å². The van der Waals surface area contributed by atoms with Crippen molar-refractivity contribution in [2.24, 2.45) is 0 Å². The number of carbonyl (C=O) groups excluding carboxylic acids is 3. The Balaban J connectivity index is 2.69. The third kappa shape index (κ3) is 43.0. The maximum atomic E-state index is 13.2. The highest BCUT2D eigenvalue weighted by molar-refractivity contribution is 5.74. The number of unbranched alkanes of at least 4 members (excludes halogenated alkanes) is 29. The molecule has 6 unspecified atom stereocenters. The van der Waals surface area contributed by atoms with Gasteiger partial charge in [-0.1, -0.05) is 210 Å². The monoisotopic (exact) mass is 1080 g/mol. The molecule has 1 aliphatic heterocycles. The number of aliphatic hydroxyl groups is 2. The molecule has 0 bridgehead atoms. The summed E-state index contributed by atoms with van der Waals surface area (Å²) in [5, 5.41) is 31.5. The minimum atomic E-state index is -1.91. The topological polar surface area (TPSA) is 175 Å². The van der Waals surface area contributed by atoms with Crippen molar-refractivity contribution in [1.82, 2.24) is 0 Å². The molecule has 1 aliphatic rings. The van der Waals surface area contributed by atoms with Gasteiger partial charge in [0.1, 0.15) is 18.8 Å².